The molecule has 2 aromatic carbocycles. The van der Waals surface area contributed by atoms with Crippen molar-refractivity contribution in [3.63, 3.8) is 0 Å². The highest BCUT2D eigenvalue weighted by molar-refractivity contribution is 5.90. The van der Waals surface area contributed by atoms with Gasteiger partial charge in [0.25, 0.3) is 5.56 Å². The van der Waals surface area contributed by atoms with Crippen LogP contribution in [0.1, 0.15) is 27.6 Å². The first kappa shape index (κ1) is 20.2. The Balaban J connectivity index is 1.69. The van der Waals surface area contributed by atoms with Crippen molar-refractivity contribution in [1.29, 1.82) is 0 Å². The third-order valence-electron chi connectivity index (χ3n) is 4.97. The average Bonchev–Trinajstić information content (AvgIpc) is 3.38. The van der Waals surface area contributed by atoms with Crippen molar-refractivity contribution >= 4 is 29.1 Å². The van der Waals surface area contributed by atoms with E-state index in [-0.39, 0.29) is 28.2 Å². The Morgan fingerprint density at radius 1 is 1.00 bits per heavy atom. The van der Waals surface area contributed by atoms with Crippen LogP contribution >= 0.6 is 0 Å². The van der Waals surface area contributed by atoms with Gasteiger partial charge in [-0.15, -0.1) is 0 Å². The number of ether oxygens (including phenoxy) is 5. The second-order valence-electron chi connectivity index (χ2n) is 7.38. The Morgan fingerprint density at radius 3 is 2.03 bits per heavy atom. The minimum atomic E-state index is -3.62. The van der Waals surface area contributed by atoms with E-state index in [4.69, 9.17) is 36.3 Å². The molecule has 0 amide bonds. The molecule has 0 aliphatic heterocycles. The smallest absolute Gasteiger partial charge is 0.338 e. The number of nitrogen functional groups attached to an aromatic ring is 1. The van der Waals surface area contributed by atoms with Crippen molar-refractivity contribution in [3.8, 4) is 11.5 Å². The summed E-state index contributed by atoms with van der Waals surface area (Å²) < 4.78 is 69.1. The predicted molar refractivity (Wildman–Crippen MR) is 134 cm³/mol. The van der Waals surface area contributed by atoms with Gasteiger partial charge in [0.15, 0.2) is 11.2 Å². The molecule has 13 nitrogen and oxygen atoms in total. The summed E-state index contributed by atoms with van der Waals surface area (Å²) in [5, 5.41) is 0. The highest BCUT2D eigenvalue weighted by atomic mass is 16.6. The fourth-order valence-electron chi connectivity index (χ4n) is 3.04. The molecule has 3 N–H and O–H groups in total. The number of carbonyl (C=O) groups excluding carboxylic acids is 2. The molecule has 13 heteroatoms. The lowest BCUT2D eigenvalue weighted by atomic mass is 10.2. The maximum Gasteiger partial charge on any atom is 0.338 e. The van der Waals surface area contributed by atoms with E-state index in [0.717, 1.165) is 10.9 Å². The first-order chi connectivity index (χ1) is 20.2. The number of rotatable bonds is 11. The molecule has 38 heavy (non-hydrogen) atoms. The highest BCUT2D eigenvalue weighted by Gasteiger charge is 2.19. The fourth-order valence-corrected chi connectivity index (χ4v) is 3.04. The molecule has 0 fully saturated rings. The van der Waals surface area contributed by atoms with E-state index >= 15 is 0 Å². The van der Waals surface area contributed by atoms with Gasteiger partial charge in [-0.2, -0.15) is 4.98 Å². The Bertz CT molecular complexity index is 1620. The quantitative estimate of drug-likeness (QED) is 0.272. The van der Waals surface area contributed by atoms with Crippen molar-refractivity contribution in [1.82, 2.24) is 19.5 Å². The summed E-state index contributed by atoms with van der Waals surface area (Å²) in [5.74, 6) is -2.09. The number of benzene rings is 2. The van der Waals surface area contributed by atoms with Crippen LogP contribution in [-0.2, 0) is 20.9 Å². The third kappa shape index (κ3) is 6.25. The first-order valence-electron chi connectivity index (χ1n) is 13.3. The summed E-state index contributed by atoms with van der Waals surface area (Å²) in [6, 6.07) is 10.6. The number of hydrogen-bond donors (Lipinski definition) is 2. The van der Waals surface area contributed by atoms with Crippen LogP contribution in [0, 0.1) is 0 Å². The molecular weight excluding hydrogens is 498 g/mol. The number of aromatic amines is 1. The average molecular weight is 529 g/mol. The Morgan fingerprint density at radius 2 is 1.53 bits per heavy atom. The molecule has 198 valence electrons. The van der Waals surface area contributed by atoms with Crippen LogP contribution < -0.4 is 20.8 Å². The number of methoxy groups -OCH3 is 2. The number of aromatic nitrogens is 4. The molecule has 0 atom stereocenters. The Hall–Kier alpha value is -4.91. The maximum absolute atomic E-state index is 12.9. The van der Waals surface area contributed by atoms with Crippen molar-refractivity contribution in [2.24, 2.45) is 0 Å². The van der Waals surface area contributed by atoms with Gasteiger partial charge in [-0.1, -0.05) is 0 Å². The number of carbonyl (C=O) groups is 2. The van der Waals surface area contributed by atoms with Crippen LogP contribution in [0.3, 0.4) is 0 Å². The van der Waals surface area contributed by atoms with Gasteiger partial charge in [0, 0.05) is 0 Å². The number of imidazole rings is 1. The van der Waals surface area contributed by atoms with E-state index in [0.29, 0.717) is 11.5 Å². The fraction of sp³-hybridized carbons (Fsp3) is 0.240. The SMILES string of the molecule is [2H]C([2H])(OC(=O)c1ccc(OC)cc1)C([2H])(OCn1cnc2c(=O)[nH]c(N)nc21)C([2H])([2H])OC(=O)c1ccc(OC)cc1. The molecule has 4 aromatic rings. The van der Waals surface area contributed by atoms with E-state index in [1.165, 1.54) is 62.8 Å². The van der Waals surface area contributed by atoms with Gasteiger partial charge in [-0.25, -0.2) is 14.6 Å². The van der Waals surface area contributed by atoms with E-state index in [9.17, 15) is 14.4 Å². The van der Waals surface area contributed by atoms with Crippen molar-refractivity contribution in [3.05, 3.63) is 76.3 Å². The lowest BCUT2D eigenvalue weighted by Gasteiger charge is -2.18. The summed E-state index contributed by atoms with van der Waals surface area (Å²) in [7, 11) is 2.80. The molecular formula is C25H25N5O8. The van der Waals surface area contributed by atoms with Crippen molar-refractivity contribution in [2.75, 3.05) is 33.1 Å². The molecule has 2 aromatic heterocycles. The summed E-state index contributed by atoms with van der Waals surface area (Å²) >= 11 is 0. The summed E-state index contributed by atoms with van der Waals surface area (Å²) in [5.41, 5.74) is 4.23. The predicted octanol–water partition coefficient (Wildman–Crippen LogP) is 1.78. The summed E-state index contributed by atoms with van der Waals surface area (Å²) in [4.78, 5) is 47.9. The molecule has 4 rings (SSSR count). The summed E-state index contributed by atoms with van der Waals surface area (Å²) in [6.07, 6.45) is -2.54. The molecule has 0 bridgehead atoms. The van der Waals surface area contributed by atoms with Crippen LogP contribution in [0.15, 0.2) is 59.7 Å². The Kier molecular flexibility index (Phi) is 6.31. The molecule has 0 unspecified atom stereocenters. The maximum atomic E-state index is 12.9. The van der Waals surface area contributed by atoms with Gasteiger partial charge in [0.2, 0.25) is 5.95 Å². The van der Waals surface area contributed by atoms with Gasteiger partial charge in [-0.05, 0) is 48.5 Å². The van der Waals surface area contributed by atoms with Crippen LogP contribution in [0.2, 0.25) is 0 Å². The second kappa shape index (κ2) is 11.9. The van der Waals surface area contributed by atoms with E-state index in [1.807, 2.05) is 0 Å². The zero-order valence-electron chi connectivity index (χ0n) is 25.1. The zero-order chi connectivity index (χ0) is 31.6. The van der Waals surface area contributed by atoms with Gasteiger partial charge < -0.3 is 29.4 Å². The van der Waals surface area contributed by atoms with Gasteiger partial charge in [0.1, 0.15) is 37.4 Å². The standard InChI is InChI=1S/C25H25N5O8/c1-34-17-7-3-15(4-8-17)23(32)36-11-19(12-37-24(33)16-5-9-18(35-2)10-6-16)38-14-30-13-27-20-21(30)28-25(26)29-22(20)31/h3-10,13,19H,11-12,14H2,1-2H3,(H3,26,28,29,31)/i11D2,12D2,19D. The number of nitrogens with zero attached hydrogens (tertiary/aromatic N) is 3. The van der Waals surface area contributed by atoms with E-state index in [1.54, 1.807) is 0 Å². The van der Waals surface area contributed by atoms with Crippen molar-refractivity contribution < 1.29 is 40.1 Å². The number of nitrogens with one attached hydrogen (secondary N) is 1. The number of fused-ring (bicyclic) bond motifs is 1. The molecule has 0 saturated heterocycles. The van der Waals surface area contributed by atoms with E-state index < -0.39 is 43.4 Å². The molecule has 0 aliphatic carbocycles. The van der Waals surface area contributed by atoms with E-state index in [2.05, 4.69) is 15.0 Å². The summed E-state index contributed by atoms with van der Waals surface area (Å²) in [6.45, 7) is -8.11. The van der Waals surface area contributed by atoms with Crippen LogP contribution in [0.5, 0.6) is 11.5 Å². The highest BCUT2D eigenvalue weighted by Crippen LogP contribution is 2.15. The van der Waals surface area contributed by atoms with Gasteiger partial charge in [0.05, 0.1) is 38.5 Å². The number of H-pyrrole nitrogens is 1. The monoisotopic (exact) mass is 528 g/mol. The zero-order valence-corrected chi connectivity index (χ0v) is 20.1. The lowest BCUT2D eigenvalue weighted by molar-refractivity contribution is -0.0616. The molecule has 0 spiro atoms. The number of esters is 2. The number of hydrogen-bond acceptors (Lipinski definition) is 11. The van der Waals surface area contributed by atoms with Crippen molar-refractivity contribution in [2.45, 2.75) is 12.8 Å². The Labute approximate surface area is 223 Å². The van der Waals surface area contributed by atoms with Gasteiger partial charge in [-0.3, -0.25) is 14.3 Å². The van der Waals surface area contributed by atoms with Crippen LogP contribution in [0.25, 0.3) is 11.2 Å². The largest absolute Gasteiger partial charge is 0.497 e. The number of nitrogens with two attached hydrogens (primary N) is 1. The third-order valence-corrected chi connectivity index (χ3v) is 4.97. The molecule has 0 radical (unpaired) electrons. The number of anilines is 1. The minimum absolute atomic E-state index is 0.143. The molecule has 2 heterocycles. The lowest BCUT2D eigenvalue weighted by Crippen LogP contribution is -2.29. The first-order valence-corrected chi connectivity index (χ1v) is 10.8. The normalized spacial score (nSPS) is 13.9. The topological polar surface area (TPSA) is 170 Å². The van der Waals surface area contributed by atoms with Crippen LogP contribution in [-0.4, -0.2) is 64.9 Å². The molecule has 0 aliphatic rings. The second-order valence-corrected chi connectivity index (χ2v) is 7.38. The van der Waals surface area contributed by atoms with Crippen LogP contribution in [0.4, 0.5) is 5.95 Å². The molecule has 0 saturated carbocycles. The minimum Gasteiger partial charge on any atom is -0.497 e. The van der Waals surface area contributed by atoms with Gasteiger partial charge >= 0.3 is 11.9 Å².